The third kappa shape index (κ3) is 19.4. The number of nitrogens with zero attached hydrogens (tertiary/aromatic N) is 4. The molecule has 0 saturated carbocycles. The molecular weight excluding hydrogens is 687 g/mol. The number of benzene rings is 4. The van der Waals surface area contributed by atoms with Gasteiger partial charge < -0.3 is 14.4 Å². The Kier molecular flexibility index (Phi) is 20.2. The van der Waals surface area contributed by atoms with Crippen LogP contribution >= 0.6 is 7.82 Å². The molecule has 0 atom stereocenters. The molecule has 0 radical (unpaired) electrons. The quantitative estimate of drug-likeness (QED) is 0.0351. The molecule has 0 aromatic heterocycles. The van der Waals surface area contributed by atoms with Gasteiger partial charge >= 0.3 is 7.82 Å². The molecule has 0 bridgehead atoms. The minimum Gasteiger partial charge on any atom is -0.494 e. The fourth-order valence-corrected chi connectivity index (χ4v) is 6.19. The summed E-state index contributed by atoms with van der Waals surface area (Å²) in [6, 6.07) is 34.6. The Morgan fingerprint density at radius 2 is 0.660 bits per heavy atom. The molecule has 53 heavy (non-hydrogen) atoms. The van der Waals surface area contributed by atoms with Gasteiger partial charge in [-0.15, -0.1) is 0 Å². The molecule has 0 amide bonds. The first-order valence-electron chi connectivity index (χ1n) is 19.1. The van der Waals surface area contributed by atoms with Gasteiger partial charge in [0, 0.05) is 0 Å². The Morgan fingerprint density at radius 1 is 0.377 bits per heavy atom. The minimum absolute atomic E-state index is 0.240. The summed E-state index contributed by atoms with van der Waals surface area (Å²) in [6.07, 6.45) is 14.3. The van der Waals surface area contributed by atoms with E-state index in [1.807, 2.05) is 109 Å². The number of hydrogen-bond donors (Lipinski definition) is 1. The Morgan fingerprint density at radius 3 is 1.00 bits per heavy atom. The van der Waals surface area contributed by atoms with E-state index in [9.17, 15) is 9.46 Å². The predicted octanol–water partition coefficient (Wildman–Crippen LogP) is 13.6. The van der Waals surface area contributed by atoms with Crippen molar-refractivity contribution >= 4 is 30.6 Å². The minimum atomic E-state index is -3.98. The highest BCUT2D eigenvalue weighted by Crippen LogP contribution is 2.43. The van der Waals surface area contributed by atoms with Crippen LogP contribution in [0.3, 0.4) is 0 Å². The Balaban J connectivity index is 0.876. The van der Waals surface area contributed by atoms with Crippen LogP contribution in [0, 0.1) is 0 Å². The summed E-state index contributed by atoms with van der Waals surface area (Å²) < 4.78 is 34.2. The van der Waals surface area contributed by atoms with Gasteiger partial charge in [-0.1, -0.05) is 101 Å². The largest absolute Gasteiger partial charge is 0.494 e. The maximum atomic E-state index is 12.2. The number of azo groups is 2. The van der Waals surface area contributed by atoms with Crippen LogP contribution in [0.1, 0.15) is 89.9 Å². The summed E-state index contributed by atoms with van der Waals surface area (Å²) in [7, 11) is -3.98. The van der Waals surface area contributed by atoms with Crippen molar-refractivity contribution in [2.75, 3.05) is 26.4 Å². The number of ether oxygens (including phenoxy) is 2. The molecule has 0 aliphatic heterocycles. The van der Waals surface area contributed by atoms with Gasteiger partial charge in [-0.3, -0.25) is 9.05 Å². The van der Waals surface area contributed by atoms with E-state index in [0.29, 0.717) is 13.2 Å². The molecule has 4 aromatic carbocycles. The van der Waals surface area contributed by atoms with Crippen molar-refractivity contribution in [2.45, 2.75) is 89.9 Å². The van der Waals surface area contributed by atoms with Crippen LogP contribution in [0.15, 0.2) is 130 Å². The number of rotatable bonds is 28. The fraction of sp³-hybridized carbons (Fsp3) is 0.429. The lowest BCUT2D eigenvalue weighted by Crippen LogP contribution is -1.99. The topological polar surface area (TPSA) is 124 Å². The summed E-state index contributed by atoms with van der Waals surface area (Å²) in [5.41, 5.74) is 3.22. The number of phosphoric acid groups is 1. The van der Waals surface area contributed by atoms with E-state index in [-0.39, 0.29) is 13.2 Å². The van der Waals surface area contributed by atoms with Gasteiger partial charge in [-0.05, 0) is 98.5 Å². The highest BCUT2D eigenvalue weighted by Gasteiger charge is 2.19. The zero-order valence-electron chi connectivity index (χ0n) is 30.8. The van der Waals surface area contributed by atoms with Crippen molar-refractivity contribution in [1.29, 1.82) is 0 Å². The Bertz CT molecular complexity index is 1500. The van der Waals surface area contributed by atoms with Crippen molar-refractivity contribution in [3.05, 3.63) is 109 Å². The van der Waals surface area contributed by atoms with E-state index in [1.54, 1.807) is 0 Å². The van der Waals surface area contributed by atoms with E-state index in [1.165, 1.54) is 0 Å². The molecule has 1 N–H and O–H groups in total. The monoisotopic (exact) mass is 742 g/mol. The van der Waals surface area contributed by atoms with Crippen LogP contribution in [0.5, 0.6) is 11.5 Å². The maximum absolute atomic E-state index is 12.2. The van der Waals surface area contributed by atoms with Gasteiger partial charge in [0.05, 0.1) is 49.2 Å². The summed E-state index contributed by atoms with van der Waals surface area (Å²) in [5.74, 6) is 1.67. The predicted molar refractivity (Wildman–Crippen MR) is 211 cm³/mol. The Hall–Kier alpha value is -4.21. The molecule has 284 valence electrons. The second kappa shape index (κ2) is 25.7. The maximum Gasteiger partial charge on any atom is 0.472 e. The van der Waals surface area contributed by atoms with E-state index >= 15 is 0 Å². The summed E-state index contributed by atoms with van der Waals surface area (Å²) in [6.45, 7) is 1.85. The van der Waals surface area contributed by atoms with E-state index in [0.717, 1.165) is 124 Å². The van der Waals surface area contributed by atoms with Gasteiger partial charge in [0.1, 0.15) is 11.5 Å². The summed E-state index contributed by atoms with van der Waals surface area (Å²) in [4.78, 5) is 9.96. The molecule has 0 unspecified atom stereocenters. The standard InChI is InChI=1S/C42H55N4O6P/c47-53(48,51-35-19-9-5-1-3-7-17-33-49-41-29-25-39(26-30-41)45-43-37-21-13-11-14-22-37)52-36-20-10-6-2-4-8-18-34-50-42-31-27-40(28-32-42)46-44-38-23-15-12-16-24-38/h11-16,21-32H,1-10,17-20,33-36H2,(H,47,48). The average Bonchev–Trinajstić information content (AvgIpc) is 3.19. The lowest BCUT2D eigenvalue weighted by molar-refractivity contribution is 0.145. The molecule has 0 saturated heterocycles. The van der Waals surface area contributed by atoms with Crippen LogP contribution in [0.2, 0.25) is 0 Å². The van der Waals surface area contributed by atoms with Crippen LogP contribution in [-0.4, -0.2) is 31.3 Å². The van der Waals surface area contributed by atoms with Crippen molar-refractivity contribution < 1.29 is 28.0 Å². The number of unbranched alkanes of at least 4 members (excludes halogenated alkanes) is 12. The molecule has 10 nitrogen and oxygen atoms in total. The first kappa shape index (κ1) is 41.5. The lowest BCUT2D eigenvalue weighted by atomic mass is 10.1. The van der Waals surface area contributed by atoms with E-state index < -0.39 is 7.82 Å². The Labute approximate surface area is 315 Å². The van der Waals surface area contributed by atoms with E-state index in [2.05, 4.69) is 20.5 Å². The third-order valence-corrected chi connectivity index (χ3v) is 9.39. The van der Waals surface area contributed by atoms with Gasteiger partial charge in [0.25, 0.3) is 0 Å². The van der Waals surface area contributed by atoms with Crippen molar-refractivity contribution in [2.24, 2.45) is 20.5 Å². The van der Waals surface area contributed by atoms with Crippen LogP contribution in [0.25, 0.3) is 0 Å². The second-order valence-corrected chi connectivity index (χ2v) is 14.3. The highest BCUT2D eigenvalue weighted by molar-refractivity contribution is 7.47. The zero-order chi connectivity index (χ0) is 37.1. The van der Waals surface area contributed by atoms with Gasteiger partial charge in [0.2, 0.25) is 0 Å². The summed E-state index contributed by atoms with van der Waals surface area (Å²) in [5, 5.41) is 17.0. The SMILES string of the molecule is O=P(O)(OCCCCCCCCCOc1ccc(N=Nc2ccccc2)cc1)OCCCCCCCCCOc1ccc(N=Nc2ccccc2)cc1. The molecule has 0 heterocycles. The third-order valence-electron chi connectivity index (χ3n) is 8.37. The van der Waals surface area contributed by atoms with E-state index in [4.69, 9.17) is 18.5 Å². The van der Waals surface area contributed by atoms with Crippen molar-refractivity contribution in [1.82, 2.24) is 0 Å². The lowest BCUT2D eigenvalue weighted by Gasteiger charge is -2.12. The van der Waals surface area contributed by atoms with Gasteiger partial charge in [-0.2, -0.15) is 20.5 Å². The first-order chi connectivity index (χ1) is 26.1. The number of phosphoric ester groups is 1. The molecule has 0 aliphatic rings. The molecular formula is C42H55N4O6P. The average molecular weight is 743 g/mol. The van der Waals surface area contributed by atoms with Crippen molar-refractivity contribution in [3.63, 3.8) is 0 Å². The molecule has 11 heteroatoms. The van der Waals surface area contributed by atoms with Crippen LogP contribution in [-0.2, 0) is 13.6 Å². The second-order valence-electron chi connectivity index (χ2n) is 12.8. The number of hydrogen-bond acceptors (Lipinski definition) is 9. The van der Waals surface area contributed by atoms with Crippen LogP contribution in [0.4, 0.5) is 22.7 Å². The molecule has 4 rings (SSSR count). The smallest absolute Gasteiger partial charge is 0.472 e. The fourth-order valence-electron chi connectivity index (χ4n) is 5.39. The normalized spacial score (nSPS) is 12.7. The zero-order valence-corrected chi connectivity index (χ0v) is 31.7. The van der Waals surface area contributed by atoms with Gasteiger partial charge in [-0.25, -0.2) is 4.57 Å². The van der Waals surface area contributed by atoms with Crippen molar-refractivity contribution in [3.8, 4) is 11.5 Å². The molecule has 0 aliphatic carbocycles. The molecule has 4 aromatic rings. The summed E-state index contributed by atoms with van der Waals surface area (Å²) >= 11 is 0. The molecule has 0 spiro atoms. The highest BCUT2D eigenvalue weighted by atomic mass is 31.2. The molecule has 0 fully saturated rings. The first-order valence-corrected chi connectivity index (χ1v) is 20.6. The van der Waals surface area contributed by atoms with Crippen LogP contribution < -0.4 is 9.47 Å². The van der Waals surface area contributed by atoms with Gasteiger partial charge in [0.15, 0.2) is 0 Å².